The molecule has 0 radical (unpaired) electrons. The summed E-state index contributed by atoms with van der Waals surface area (Å²) in [6, 6.07) is 33.4. The molecular formula is C71H84N12O6. The molecule has 6 aliphatic rings. The zero-order chi connectivity index (χ0) is 61.9. The van der Waals surface area contributed by atoms with Crippen LogP contribution in [0.25, 0.3) is 22.1 Å². The van der Waals surface area contributed by atoms with Crippen LogP contribution in [-0.4, -0.2) is 96.5 Å². The van der Waals surface area contributed by atoms with Crippen LogP contribution in [0.5, 0.6) is 0 Å². The van der Waals surface area contributed by atoms with Gasteiger partial charge in [0, 0.05) is 43.3 Å². The van der Waals surface area contributed by atoms with E-state index in [0.29, 0.717) is 42.7 Å². The number of fused-ring (bicyclic) bond motifs is 8. The SMILES string of the molecule is CC(C)(C)OC(=O)N(Cc1ccc(Nc2ncc3cnn([C@H]4C[C@@H]5CC[C@H]4C5)c3n2)cc1)C1Cc2ccccc2C1.CC(C)(C)OC(=O)N(c1ccc(CN(C(=O)OC(C)(C)C)C2Cc3ccccc3C2)cc1)c1ncc2cnn([C@H]3C[C@@H]4CC[C@H]3C4)c2n1. The third kappa shape index (κ3) is 13.2. The summed E-state index contributed by atoms with van der Waals surface area (Å²) in [5.74, 6) is 3.73. The van der Waals surface area contributed by atoms with E-state index in [1.54, 1.807) is 6.20 Å². The van der Waals surface area contributed by atoms with Gasteiger partial charge in [0.15, 0.2) is 11.3 Å². The van der Waals surface area contributed by atoms with Crippen LogP contribution in [0, 0.1) is 23.7 Å². The molecule has 89 heavy (non-hydrogen) atoms. The number of rotatable bonds is 12. The van der Waals surface area contributed by atoms with E-state index in [4.69, 9.17) is 34.4 Å². The first-order valence-electron chi connectivity index (χ1n) is 32.1. The molecule has 4 bridgehead atoms. The van der Waals surface area contributed by atoms with Crippen LogP contribution in [0.15, 0.2) is 122 Å². The molecule has 0 aliphatic heterocycles. The fourth-order valence-corrected chi connectivity index (χ4v) is 14.8. The maximum atomic E-state index is 13.8. The lowest BCUT2D eigenvalue weighted by Gasteiger charge is -2.32. The highest BCUT2D eigenvalue weighted by Crippen LogP contribution is 2.52. The minimum Gasteiger partial charge on any atom is -0.444 e. The van der Waals surface area contributed by atoms with E-state index in [9.17, 15) is 14.4 Å². The Morgan fingerprint density at radius 3 is 1.36 bits per heavy atom. The summed E-state index contributed by atoms with van der Waals surface area (Å²) in [5.41, 5.74) is 8.30. The fraction of sp³-hybridized carbons (Fsp3) is 0.479. The number of benzene rings is 4. The fourth-order valence-electron chi connectivity index (χ4n) is 14.8. The number of carbonyl (C=O) groups is 3. The zero-order valence-corrected chi connectivity index (χ0v) is 52.9. The summed E-state index contributed by atoms with van der Waals surface area (Å²) in [6.07, 6.45) is 19.4. The summed E-state index contributed by atoms with van der Waals surface area (Å²) < 4.78 is 21.7. The molecule has 6 aliphatic carbocycles. The molecule has 0 unspecified atom stereocenters. The highest BCUT2D eigenvalue weighted by atomic mass is 16.6. The van der Waals surface area contributed by atoms with Crippen LogP contribution in [-0.2, 0) is 53.0 Å². The lowest BCUT2D eigenvalue weighted by Crippen LogP contribution is -2.43. The minimum absolute atomic E-state index is 0.0183. The predicted molar refractivity (Wildman–Crippen MR) is 343 cm³/mol. The van der Waals surface area contributed by atoms with Gasteiger partial charge in [-0.2, -0.15) is 20.2 Å². The summed E-state index contributed by atoms with van der Waals surface area (Å²) >= 11 is 0. The topological polar surface area (TPSA) is 188 Å². The van der Waals surface area contributed by atoms with Gasteiger partial charge in [-0.15, -0.1) is 0 Å². The first-order chi connectivity index (χ1) is 42.6. The smallest absolute Gasteiger partial charge is 0.421 e. The highest BCUT2D eigenvalue weighted by Gasteiger charge is 2.43. The van der Waals surface area contributed by atoms with Crippen LogP contribution in [0.1, 0.15) is 159 Å². The van der Waals surface area contributed by atoms with E-state index in [1.165, 1.54) is 72.1 Å². The van der Waals surface area contributed by atoms with Crippen LogP contribution in [0.2, 0.25) is 0 Å². The van der Waals surface area contributed by atoms with Crippen molar-refractivity contribution in [3.05, 3.63) is 155 Å². The third-order valence-electron chi connectivity index (χ3n) is 18.8. The van der Waals surface area contributed by atoms with Crippen molar-refractivity contribution in [2.24, 2.45) is 23.7 Å². The zero-order valence-electron chi connectivity index (χ0n) is 52.9. The first kappa shape index (κ1) is 59.5. The molecule has 8 aromatic rings. The number of hydrogen-bond acceptors (Lipinski definition) is 13. The molecule has 6 atom stereocenters. The van der Waals surface area contributed by atoms with E-state index in [-0.39, 0.29) is 30.2 Å². The normalized spacial score (nSPS) is 21.1. The van der Waals surface area contributed by atoms with E-state index in [1.807, 2.05) is 144 Å². The number of nitrogens with zero attached hydrogens (tertiary/aromatic N) is 11. The standard InChI is InChI=1S/C38H46N6O4.C33H38N6O2/c1-37(2,3)47-35(45)42(31-19-26-9-7-8-10-27(26)20-31)23-24-12-15-30(16-13-24)43(36(46)48-38(4,5)6)34-39-21-29-22-40-44(33(29)41-34)32-18-25-11-14-28(32)17-25;1-33(2,3)41-32(40)38(28-16-23-6-4-5-7-24(23)17-28)20-21-9-12-27(13-10-21)36-31-34-18-26-19-35-39(30(26)37-31)29-15-22-8-11-25(29)14-22/h7-10,12-13,15-16,21-22,25,28,31-32H,11,14,17-20,23H2,1-6H3;4-7,9-10,12-13,18-19,22,25,28-29H,8,11,14-17,20H2,1-3H3,(H,34,36,37)/t25-,28+,32+;22-,25+,29+/m11/s1. The van der Waals surface area contributed by atoms with Crippen LogP contribution < -0.4 is 10.2 Å². The van der Waals surface area contributed by atoms with Gasteiger partial charge in [-0.1, -0.05) is 85.6 Å². The summed E-state index contributed by atoms with van der Waals surface area (Å²) in [7, 11) is 0. The van der Waals surface area contributed by atoms with Crippen molar-refractivity contribution in [2.45, 2.75) is 193 Å². The first-order valence-corrected chi connectivity index (χ1v) is 32.1. The molecule has 0 saturated heterocycles. The molecule has 4 fully saturated rings. The van der Waals surface area contributed by atoms with Crippen molar-refractivity contribution in [1.29, 1.82) is 0 Å². The third-order valence-corrected chi connectivity index (χ3v) is 18.8. The van der Waals surface area contributed by atoms with Gasteiger partial charge >= 0.3 is 18.3 Å². The van der Waals surface area contributed by atoms with Gasteiger partial charge in [-0.25, -0.2) is 38.6 Å². The molecule has 18 heteroatoms. The lowest BCUT2D eigenvalue weighted by molar-refractivity contribution is 0.0137. The predicted octanol–water partition coefficient (Wildman–Crippen LogP) is 15.0. The molecule has 464 valence electrons. The Hall–Kier alpha value is -8.41. The molecule has 4 heterocycles. The Morgan fingerprint density at radius 1 is 0.506 bits per heavy atom. The molecular weight excluding hydrogens is 1120 g/mol. The lowest BCUT2D eigenvalue weighted by atomic mass is 9.95. The van der Waals surface area contributed by atoms with Crippen LogP contribution >= 0.6 is 0 Å². The van der Waals surface area contributed by atoms with E-state index in [0.717, 1.165) is 88.7 Å². The van der Waals surface area contributed by atoms with Gasteiger partial charge in [0.2, 0.25) is 11.9 Å². The Morgan fingerprint density at radius 2 is 0.933 bits per heavy atom. The molecule has 18 nitrogen and oxygen atoms in total. The molecule has 4 saturated carbocycles. The number of aromatic nitrogens is 8. The van der Waals surface area contributed by atoms with Crippen molar-refractivity contribution < 1.29 is 28.6 Å². The van der Waals surface area contributed by atoms with E-state index in [2.05, 4.69) is 68.5 Å². The second-order valence-electron chi connectivity index (χ2n) is 28.8. The molecule has 1 N–H and O–H groups in total. The highest BCUT2D eigenvalue weighted by molar-refractivity contribution is 5.95. The van der Waals surface area contributed by atoms with Crippen molar-refractivity contribution >= 4 is 63.6 Å². The average Bonchev–Trinajstić information content (AvgIpc) is 2.17. The molecule has 3 amide bonds. The van der Waals surface area contributed by atoms with Crippen molar-refractivity contribution in [3.8, 4) is 0 Å². The van der Waals surface area contributed by atoms with Gasteiger partial charge in [0.1, 0.15) is 16.8 Å². The van der Waals surface area contributed by atoms with Gasteiger partial charge in [0.25, 0.3) is 0 Å². The number of ether oxygens (including phenoxy) is 3. The molecule has 0 spiro atoms. The monoisotopic (exact) mass is 1200 g/mol. The van der Waals surface area contributed by atoms with E-state index >= 15 is 0 Å². The maximum absolute atomic E-state index is 13.8. The number of hydrogen-bond donors (Lipinski definition) is 1. The van der Waals surface area contributed by atoms with Crippen molar-refractivity contribution in [2.75, 3.05) is 10.2 Å². The molecule has 14 rings (SSSR count). The Bertz CT molecular complexity index is 3850. The summed E-state index contributed by atoms with van der Waals surface area (Å²) in [5, 5.41) is 14.6. The molecule has 4 aromatic carbocycles. The van der Waals surface area contributed by atoms with Crippen LogP contribution in [0.4, 0.5) is 37.7 Å². The molecule has 4 aromatic heterocycles. The summed E-state index contributed by atoms with van der Waals surface area (Å²) in [6.45, 7) is 17.8. The Labute approximate surface area is 521 Å². The van der Waals surface area contributed by atoms with Gasteiger partial charge in [0.05, 0.1) is 40.9 Å². The van der Waals surface area contributed by atoms with Gasteiger partial charge in [-0.05, 0) is 208 Å². The maximum Gasteiger partial charge on any atom is 0.421 e. The average molecular weight is 1200 g/mol. The minimum atomic E-state index is -0.725. The van der Waals surface area contributed by atoms with Crippen molar-refractivity contribution in [3.63, 3.8) is 0 Å². The van der Waals surface area contributed by atoms with E-state index < -0.39 is 22.9 Å². The van der Waals surface area contributed by atoms with Crippen molar-refractivity contribution in [1.82, 2.24) is 49.3 Å². The second-order valence-corrected chi connectivity index (χ2v) is 28.8. The van der Waals surface area contributed by atoms with Gasteiger partial charge in [-0.3, -0.25) is 0 Å². The number of anilines is 4. The quantitative estimate of drug-likeness (QED) is 0.114. The summed E-state index contributed by atoms with van der Waals surface area (Å²) in [4.78, 5) is 64.8. The largest absolute Gasteiger partial charge is 0.444 e. The number of amides is 3. The second kappa shape index (κ2) is 23.8. The van der Waals surface area contributed by atoms with Crippen LogP contribution in [0.3, 0.4) is 0 Å². The number of carbonyl (C=O) groups excluding carboxylic acids is 3. The Kier molecular flexibility index (Phi) is 16.0. The Balaban J connectivity index is 0.000000166. The number of nitrogens with one attached hydrogen (secondary N) is 1. The van der Waals surface area contributed by atoms with Gasteiger partial charge < -0.3 is 29.3 Å².